The van der Waals surface area contributed by atoms with Gasteiger partial charge in [0.15, 0.2) is 5.43 Å². The topological polar surface area (TPSA) is 115 Å². The summed E-state index contributed by atoms with van der Waals surface area (Å²) in [4.78, 5) is 30.0. The highest BCUT2D eigenvalue weighted by Crippen LogP contribution is 2.43. The molecule has 1 amide bonds. The Balaban J connectivity index is 1.61. The summed E-state index contributed by atoms with van der Waals surface area (Å²) in [5.41, 5.74) is 0.498. The third-order valence-electron chi connectivity index (χ3n) is 7.69. The number of rotatable bonds is 5. The zero-order valence-corrected chi connectivity index (χ0v) is 22.9. The van der Waals surface area contributed by atoms with Crippen LogP contribution in [0.4, 0.5) is 4.79 Å². The van der Waals surface area contributed by atoms with E-state index < -0.39 is 23.5 Å². The monoisotopic (exact) mass is 555 g/mol. The van der Waals surface area contributed by atoms with Crippen molar-refractivity contribution in [3.05, 3.63) is 57.2 Å². The fraction of sp³-hybridized carbons (Fsp3) is 0.448. The van der Waals surface area contributed by atoms with Gasteiger partial charge in [0.25, 0.3) is 0 Å². The first-order valence-corrected chi connectivity index (χ1v) is 13.7. The number of nitrogens with zero attached hydrogens (tertiary/aromatic N) is 2. The number of nitrogens with one attached hydrogen (secondary N) is 1. The number of piperidine rings is 2. The number of phenols is 1. The highest BCUT2D eigenvalue weighted by Gasteiger charge is 2.34. The minimum absolute atomic E-state index is 0.0357. The maximum atomic E-state index is 13.3. The molecule has 0 radical (unpaired) electrons. The zero-order chi connectivity index (χ0) is 27.7. The summed E-state index contributed by atoms with van der Waals surface area (Å²) in [7, 11) is 3.58. The van der Waals surface area contributed by atoms with Gasteiger partial charge in [-0.1, -0.05) is 30.2 Å². The van der Waals surface area contributed by atoms with Crippen molar-refractivity contribution >= 4 is 28.7 Å². The van der Waals surface area contributed by atoms with Crippen LogP contribution in [0.5, 0.6) is 11.5 Å². The molecule has 2 saturated heterocycles. The normalized spacial score (nSPS) is 22.1. The quantitative estimate of drug-likeness (QED) is 0.430. The Bertz CT molecular complexity index is 1420. The molecule has 5 rings (SSSR count). The fourth-order valence-corrected chi connectivity index (χ4v) is 5.85. The summed E-state index contributed by atoms with van der Waals surface area (Å²) in [5, 5.41) is 25.8. The van der Waals surface area contributed by atoms with Crippen LogP contribution in [0.2, 0.25) is 5.02 Å². The predicted octanol–water partition coefficient (Wildman–Crippen LogP) is 4.17. The minimum Gasteiger partial charge on any atom is -0.507 e. The number of likely N-dealkylation sites (tertiary alicyclic amines) is 1. The number of β-amino-alcohol motifs (C(OH)–C–C–N with tert-alkyl or cyclic N) is 1. The number of aromatic hydroxyl groups is 1. The molecule has 0 bridgehead atoms. The van der Waals surface area contributed by atoms with Gasteiger partial charge < -0.3 is 34.5 Å². The van der Waals surface area contributed by atoms with Crippen LogP contribution in [-0.2, 0) is 0 Å². The molecule has 3 N–H and O–H groups in total. The summed E-state index contributed by atoms with van der Waals surface area (Å²) < 4.78 is 12.1. The Kier molecular flexibility index (Phi) is 8.13. The van der Waals surface area contributed by atoms with Gasteiger partial charge in [0.05, 0.1) is 11.1 Å². The smallest absolute Gasteiger partial charge is 0.415 e. The van der Waals surface area contributed by atoms with Crippen molar-refractivity contribution in [1.29, 1.82) is 0 Å². The molecule has 0 saturated carbocycles. The van der Waals surface area contributed by atoms with Crippen LogP contribution in [0.25, 0.3) is 22.3 Å². The molecule has 0 spiro atoms. The summed E-state index contributed by atoms with van der Waals surface area (Å²) in [6.45, 7) is 2.45. The van der Waals surface area contributed by atoms with E-state index in [1.807, 2.05) is 11.9 Å². The number of amides is 1. The van der Waals surface area contributed by atoms with Gasteiger partial charge in [-0.3, -0.25) is 4.79 Å². The third kappa shape index (κ3) is 5.77. The van der Waals surface area contributed by atoms with Crippen molar-refractivity contribution in [2.75, 3.05) is 40.3 Å². The number of hydrogen-bond acceptors (Lipinski definition) is 8. The number of aliphatic hydroxyl groups is 1. The van der Waals surface area contributed by atoms with E-state index in [-0.39, 0.29) is 34.3 Å². The largest absolute Gasteiger partial charge is 0.507 e. The van der Waals surface area contributed by atoms with Gasteiger partial charge in [-0.25, -0.2) is 4.79 Å². The van der Waals surface area contributed by atoms with Crippen LogP contribution in [-0.4, -0.2) is 78.5 Å². The first-order valence-electron chi connectivity index (χ1n) is 13.3. The molecule has 9 nitrogen and oxygen atoms in total. The van der Waals surface area contributed by atoms with Crippen molar-refractivity contribution in [3.63, 3.8) is 0 Å². The summed E-state index contributed by atoms with van der Waals surface area (Å²) >= 11 is 6.40. The Labute approximate surface area is 231 Å². The second kappa shape index (κ2) is 11.6. The van der Waals surface area contributed by atoms with E-state index in [2.05, 4.69) is 5.32 Å². The van der Waals surface area contributed by atoms with Crippen molar-refractivity contribution < 1.29 is 24.2 Å². The number of halogens is 1. The van der Waals surface area contributed by atoms with Gasteiger partial charge in [0.2, 0.25) is 0 Å². The van der Waals surface area contributed by atoms with Gasteiger partial charge in [0, 0.05) is 55.4 Å². The van der Waals surface area contributed by atoms with Gasteiger partial charge in [0.1, 0.15) is 28.2 Å². The van der Waals surface area contributed by atoms with Crippen LogP contribution in [0.3, 0.4) is 0 Å². The van der Waals surface area contributed by atoms with Gasteiger partial charge in [-0.2, -0.15) is 0 Å². The van der Waals surface area contributed by atoms with E-state index in [0.717, 1.165) is 25.8 Å². The lowest BCUT2D eigenvalue weighted by Gasteiger charge is -2.35. The van der Waals surface area contributed by atoms with Crippen LogP contribution in [0, 0.1) is 0 Å². The number of aliphatic hydroxyl groups excluding tert-OH is 1. The van der Waals surface area contributed by atoms with Gasteiger partial charge >= 0.3 is 6.09 Å². The number of phenolic OH excluding ortho intramolecular Hbond substituents is 1. The molecule has 2 aliphatic rings. The van der Waals surface area contributed by atoms with E-state index >= 15 is 0 Å². The van der Waals surface area contributed by atoms with Crippen LogP contribution < -0.4 is 15.5 Å². The molecule has 39 heavy (non-hydrogen) atoms. The number of carbonyl (C=O) groups excluding carboxylic acids is 1. The van der Waals surface area contributed by atoms with E-state index in [1.54, 1.807) is 31.3 Å². The lowest BCUT2D eigenvalue weighted by Crippen LogP contribution is -2.45. The Hall–Kier alpha value is -3.11. The Morgan fingerprint density at radius 3 is 2.77 bits per heavy atom. The van der Waals surface area contributed by atoms with Crippen molar-refractivity contribution in [2.24, 2.45) is 0 Å². The molecule has 1 aromatic heterocycles. The molecular formula is C29H34ClN3O6. The minimum atomic E-state index is -0.813. The summed E-state index contributed by atoms with van der Waals surface area (Å²) in [5.74, 6) is -0.594. The molecule has 2 aliphatic heterocycles. The van der Waals surface area contributed by atoms with E-state index in [9.17, 15) is 19.8 Å². The fourth-order valence-electron chi connectivity index (χ4n) is 5.62. The Morgan fingerprint density at radius 2 is 2.05 bits per heavy atom. The summed E-state index contributed by atoms with van der Waals surface area (Å²) in [6, 6.07) is 9.71. The van der Waals surface area contributed by atoms with E-state index in [0.29, 0.717) is 42.2 Å². The zero-order valence-electron chi connectivity index (χ0n) is 22.2. The van der Waals surface area contributed by atoms with E-state index in [1.165, 1.54) is 17.0 Å². The maximum absolute atomic E-state index is 13.3. The lowest BCUT2D eigenvalue weighted by molar-refractivity contribution is 0.0628. The number of benzene rings is 2. The molecule has 0 aliphatic carbocycles. The maximum Gasteiger partial charge on any atom is 0.415 e. The number of likely N-dealkylation sites (N-methyl/N-ethyl adjacent to an activating group) is 2. The molecule has 2 aromatic carbocycles. The molecule has 208 valence electrons. The average molecular weight is 556 g/mol. The van der Waals surface area contributed by atoms with Crippen LogP contribution >= 0.6 is 11.6 Å². The highest BCUT2D eigenvalue weighted by molar-refractivity contribution is 6.33. The number of carbonyl (C=O) groups is 1. The number of hydrogen-bond donors (Lipinski definition) is 3. The van der Waals surface area contributed by atoms with Gasteiger partial charge in [-0.05, 0) is 51.5 Å². The Morgan fingerprint density at radius 1 is 1.26 bits per heavy atom. The molecule has 10 heteroatoms. The lowest BCUT2D eigenvalue weighted by atomic mass is 9.85. The van der Waals surface area contributed by atoms with Gasteiger partial charge in [-0.15, -0.1) is 0 Å². The first kappa shape index (κ1) is 27.5. The predicted molar refractivity (Wildman–Crippen MR) is 150 cm³/mol. The van der Waals surface area contributed by atoms with E-state index in [4.69, 9.17) is 20.8 Å². The third-order valence-corrected chi connectivity index (χ3v) is 8.02. The number of ether oxygens (including phenoxy) is 1. The standard InChI is InChI=1S/C29H34ClN3O6/c1-32-12-10-19(23(36)16-32)26-25(39-29(37)33(2)15-17-7-5-6-11-31-17)14-22(35)27-21(34)13-24(38-28(26)27)18-8-3-4-9-20(18)30/h3-4,8-9,13-14,17,19,23,31,35-36H,5-7,10-12,15-16H2,1-2H3/t17-,19+,23-/m1/s1. The molecular weight excluding hydrogens is 522 g/mol. The van der Waals surface area contributed by atoms with Crippen molar-refractivity contribution in [2.45, 2.75) is 43.7 Å². The molecule has 3 heterocycles. The van der Waals surface area contributed by atoms with Crippen LogP contribution in [0.1, 0.15) is 37.2 Å². The second-order valence-corrected chi connectivity index (χ2v) is 11.0. The van der Waals surface area contributed by atoms with Crippen molar-refractivity contribution in [1.82, 2.24) is 15.1 Å². The molecule has 3 atom stereocenters. The van der Waals surface area contributed by atoms with Crippen LogP contribution in [0.15, 0.2) is 45.6 Å². The highest BCUT2D eigenvalue weighted by atomic mass is 35.5. The molecule has 3 aromatic rings. The average Bonchev–Trinajstić information content (AvgIpc) is 2.90. The second-order valence-electron chi connectivity index (χ2n) is 10.6. The molecule has 2 fully saturated rings. The summed E-state index contributed by atoms with van der Waals surface area (Å²) in [6.07, 6.45) is 2.30. The first-order chi connectivity index (χ1) is 18.7. The SMILES string of the molecule is CN1CC[C@H](c2c(OC(=O)N(C)C[C@H]3CCCCN3)cc(O)c3c(=O)cc(-c4ccccc4Cl)oc23)[C@H](O)C1. The van der Waals surface area contributed by atoms with Crippen molar-refractivity contribution in [3.8, 4) is 22.8 Å². The number of fused-ring (bicyclic) bond motifs is 1. The molecule has 0 unspecified atom stereocenters.